The van der Waals surface area contributed by atoms with Crippen molar-refractivity contribution in [1.29, 1.82) is 0 Å². The first-order valence-corrected chi connectivity index (χ1v) is 14.7. The Hall–Kier alpha value is -0.530. The van der Waals surface area contributed by atoms with E-state index in [2.05, 4.69) is 27.7 Å². The van der Waals surface area contributed by atoms with Gasteiger partial charge in [0.2, 0.25) is 0 Å². The molecule has 0 aromatic heterocycles. The van der Waals surface area contributed by atoms with Crippen LogP contribution in [0.5, 0.6) is 0 Å². The lowest BCUT2D eigenvalue weighted by molar-refractivity contribution is -0.168. The average molecular weight is 459 g/mol. The van der Waals surface area contributed by atoms with E-state index < -0.39 is 0 Å². The predicted octanol–water partition coefficient (Wildman–Crippen LogP) is 8.68. The van der Waals surface area contributed by atoms with E-state index in [1.54, 1.807) is 0 Å². The molecule has 190 valence electrons. The molecule has 9 atom stereocenters. The summed E-state index contributed by atoms with van der Waals surface area (Å²) in [6, 6.07) is 0. The number of carbonyl (C=O) groups is 1. The van der Waals surface area contributed by atoms with Gasteiger partial charge in [-0.25, -0.2) is 0 Å². The molecule has 0 radical (unpaired) electrons. The molecule has 0 spiro atoms. The van der Waals surface area contributed by atoms with Crippen LogP contribution in [0.3, 0.4) is 0 Å². The highest BCUT2D eigenvalue weighted by Gasteiger charge is 2.57. The van der Waals surface area contributed by atoms with Crippen LogP contribution in [0, 0.1) is 58.2 Å². The van der Waals surface area contributed by atoms with Gasteiger partial charge in [0.15, 0.2) is 0 Å². The lowest BCUT2D eigenvalue weighted by atomic mass is 9.46. The third-order valence-electron chi connectivity index (χ3n) is 11.0. The molecule has 0 saturated heterocycles. The highest BCUT2D eigenvalue weighted by Crippen LogP contribution is 2.64. The fraction of sp³-hybridized carbons (Fsp3) is 0.968. The molecule has 6 unspecified atom stereocenters. The van der Waals surface area contributed by atoms with Crippen molar-refractivity contribution >= 4 is 5.97 Å². The van der Waals surface area contributed by atoms with Gasteiger partial charge in [0, 0.05) is 0 Å². The predicted molar refractivity (Wildman–Crippen MR) is 138 cm³/mol. The summed E-state index contributed by atoms with van der Waals surface area (Å²) in [6.45, 7) is 15.9. The van der Waals surface area contributed by atoms with Crippen LogP contribution in [0.1, 0.15) is 126 Å². The van der Waals surface area contributed by atoms with Crippen LogP contribution in [0.4, 0.5) is 0 Å². The van der Waals surface area contributed by atoms with Crippen molar-refractivity contribution in [3.8, 4) is 0 Å². The van der Waals surface area contributed by atoms with Crippen LogP contribution < -0.4 is 0 Å². The molecule has 0 heterocycles. The van der Waals surface area contributed by atoms with Crippen molar-refractivity contribution < 1.29 is 9.53 Å². The molecular formula is C31H54O2. The van der Waals surface area contributed by atoms with E-state index in [1.165, 1.54) is 64.2 Å². The van der Waals surface area contributed by atoms with Crippen LogP contribution in [-0.4, -0.2) is 12.1 Å². The summed E-state index contributed by atoms with van der Waals surface area (Å²) in [7, 11) is 0. The van der Waals surface area contributed by atoms with Crippen molar-refractivity contribution in [2.45, 2.75) is 132 Å². The third kappa shape index (κ3) is 5.20. The van der Waals surface area contributed by atoms with Crippen molar-refractivity contribution in [3.05, 3.63) is 0 Å². The van der Waals surface area contributed by atoms with Crippen LogP contribution in [0.25, 0.3) is 0 Å². The third-order valence-corrected chi connectivity index (χ3v) is 11.0. The average Bonchev–Trinajstić information content (AvgIpc) is 3.17. The Balaban J connectivity index is 1.36. The number of fused-ring (bicyclic) bond motifs is 5. The summed E-state index contributed by atoms with van der Waals surface area (Å²) in [5.74, 6) is 7.46. The molecule has 2 heteroatoms. The molecule has 0 aromatic rings. The second-order valence-electron chi connectivity index (χ2n) is 14.6. The Morgan fingerprint density at radius 2 is 1.61 bits per heavy atom. The number of hydrogen-bond donors (Lipinski definition) is 0. The molecule has 2 nitrogen and oxygen atoms in total. The minimum absolute atomic E-state index is 0.00944. The zero-order valence-corrected chi connectivity index (χ0v) is 23.0. The maximum Gasteiger partial charge on any atom is 0.311 e. The molecule has 4 aliphatic rings. The molecule has 4 rings (SSSR count). The molecule has 0 amide bonds. The van der Waals surface area contributed by atoms with Gasteiger partial charge < -0.3 is 4.74 Å². The van der Waals surface area contributed by atoms with Gasteiger partial charge in [-0.2, -0.15) is 0 Å². The van der Waals surface area contributed by atoms with Crippen molar-refractivity contribution in [2.75, 3.05) is 0 Å². The first kappa shape index (κ1) is 25.6. The molecule has 4 saturated carbocycles. The first-order chi connectivity index (χ1) is 15.5. The maximum absolute atomic E-state index is 12.5. The second-order valence-corrected chi connectivity index (χ2v) is 14.6. The normalized spacial score (nSPS) is 41.8. The molecule has 0 aromatic carbocycles. The molecule has 33 heavy (non-hydrogen) atoms. The van der Waals surface area contributed by atoms with Crippen LogP contribution >= 0.6 is 0 Å². The molecule has 0 bridgehead atoms. The minimum Gasteiger partial charge on any atom is -0.462 e. The Kier molecular flexibility index (Phi) is 7.63. The summed E-state index contributed by atoms with van der Waals surface area (Å²) < 4.78 is 6.00. The summed E-state index contributed by atoms with van der Waals surface area (Å²) in [6.07, 6.45) is 16.7. The molecule has 0 aliphatic heterocycles. The standard InChI is InChI=1S/C31H54O2/c1-20(2)9-8-10-21(3)24-13-14-26-25(24)15-16-28-27(26)12-11-22-19-23(17-18-31(22,28)7)33-29(32)30(4,5)6/h20-28H,8-19H2,1-7H3/t21-,22?,23+,24?,25?,26?,27?,28?,31+/m1/s1. The first-order valence-electron chi connectivity index (χ1n) is 14.7. The summed E-state index contributed by atoms with van der Waals surface area (Å²) in [5, 5.41) is 0. The van der Waals surface area contributed by atoms with Gasteiger partial charge in [0.05, 0.1) is 5.41 Å². The van der Waals surface area contributed by atoms with Gasteiger partial charge in [-0.3, -0.25) is 4.79 Å². The van der Waals surface area contributed by atoms with Gasteiger partial charge in [0.25, 0.3) is 0 Å². The number of hydrogen-bond acceptors (Lipinski definition) is 2. The molecule has 0 N–H and O–H groups in total. The smallest absolute Gasteiger partial charge is 0.311 e. The van der Waals surface area contributed by atoms with Gasteiger partial charge in [-0.1, -0.05) is 47.0 Å². The number of ether oxygens (including phenoxy) is 1. The van der Waals surface area contributed by atoms with Gasteiger partial charge >= 0.3 is 5.97 Å². The summed E-state index contributed by atoms with van der Waals surface area (Å²) in [5.41, 5.74) is 0.0984. The van der Waals surface area contributed by atoms with E-state index in [0.717, 1.165) is 60.2 Å². The Bertz CT molecular complexity index is 675. The highest BCUT2D eigenvalue weighted by molar-refractivity contribution is 5.75. The summed E-state index contributed by atoms with van der Waals surface area (Å²) >= 11 is 0. The number of esters is 1. The second kappa shape index (κ2) is 9.85. The van der Waals surface area contributed by atoms with Gasteiger partial charge in [-0.05, 0) is 131 Å². The fourth-order valence-electron chi connectivity index (χ4n) is 9.12. The van der Waals surface area contributed by atoms with E-state index in [-0.39, 0.29) is 17.5 Å². The minimum atomic E-state index is -0.387. The fourth-order valence-corrected chi connectivity index (χ4v) is 9.12. The molecular weight excluding hydrogens is 404 g/mol. The van der Waals surface area contributed by atoms with Crippen LogP contribution in [0.2, 0.25) is 0 Å². The maximum atomic E-state index is 12.5. The Morgan fingerprint density at radius 3 is 2.30 bits per heavy atom. The van der Waals surface area contributed by atoms with E-state index in [1.807, 2.05) is 20.8 Å². The van der Waals surface area contributed by atoms with E-state index in [4.69, 9.17) is 4.74 Å². The van der Waals surface area contributed by atoms with E-state index in [9.17, 15) is 4.79 Å². The number of rotatable bonds is 6. The lowest BCUT2D eigenvalue weighted by Gasteiger charge is -2.59. The Labute approximate surface area is 205 Å². The summed E-state index contributed by atoms with van der Waals surface area (Å²) in [4.78, 5) is 12.5. The van der Waals surface area contributed by atoms with Crippen LogP contribution in [0.15, 0.2) is 0 Å². The topological polar surface area (TPSA) is 26.3 Å². The zero-order chi connectivity index (χ0) is 24.0. The van der Waals surface area contributed by atoms with Crippen molar-refractivity contribution in [1.82, 2.24) is 0 Å². The number of carbonyl (C=O) groups excluding carboxylic acids is 1. The van der Waals surface area contributed by atoms with E-state index >= 15 is 0 Å². The Morgan fingerprint density at radius 1 is 0.909 bits per heavy atom. The molecule has 4 aliphatic carbocycles. The van der Waals surface area contributed by atoms with Crippen molar-refractivity contribution in [2.24, 2.45) is 58.2 Å². The van der Waals surface area contributed by atoms with Gasteiger partial charge in [-0.15, -0.1) is 0 Å². The largest absolute Gasteiger partial charge is 0.462 e. The lowest BCUT2D eigenvalue weighted by Crippen LogP contribution is -2.52. The van der Waals surface area contributed by atoms with E-state index in [0.29, 0.717) is 5.41 Å². The quantitative estimate of drug-likeness (QED) is 0.372. The SMILES string of the molecule is CC(C)CCC[C@@H](C)C1CCC2C1CCC1C2CCC2C[C@@H](OC(=O)C(C)(C)C)CC[C@@]21C. The van der Waals surface area contributed by atoms with Crippen LogP contribution in [-0.2, 0) is 9.53 Å². The van der Waals surface area contributed by atoms with Gasteiger partial charge in [0.1, 0.15) is 6.10 Å². The highest BCUT2D eigenvalue weighted by atomic mass is 16.5. The van der Waals surface area contributed by atoms with Crippen molar-refractivity contribution in [3.63, 3.8) is 0 Å². The zero-order valence-electron chi connectivity index (χ0n) is 23.0. The molecule has 4 fully saturated rings. The monoisotopic (exact) mass is 458 g/mol.